The summed E-state index contributed by atoms with van der Waals surface area (Å²) in [5.74, 6) is -0.684. The second kappa shape index (κ2) is 9.90. The largest absolute Gasteiger partial charge is 0.322 e. The zero-order chi connectivity index (χ0) is 25.2. The number of carbonyl (C=O) groups excluding carboxylic acids is 1. The van der Waals surface area contributed by atoms with Crippen LogP contribution in [-0.4, -0.2) is 50.1 Å². The Morgan fingerprint density at radius 2 is 1.63 bits per heavy atom. The first kappa shape index (κ1) is 25.0. The SMILES string of the molecule is Cc1ccnc(NS(=O)(=O)c2ccc(NC(=O)c3cc(S(=O)(=O)N4CCCC4)ccc3Cl)cc2)n1. The van der Waals surface area contributed by atoms with Crippen LogP contribution in [0.2, 0.25) is 5.02 Å². The van der Waals surface area contributed by atoms with Crippen LogP contribution < -0.4 is 10.0 Å². The Morgan fingerprint density at radius 3 is 2.29 bits per heavy atom. The van der Waals surface area contributed by atoms with Crippen molar-refractivity contribution in [3.8, 4) is 0 Å². The lowest BCUT2D eigenvalue weighted by molar-refractivity contribution is 0.102. The molecular weight excluding hydrogens is 514 g/mol. The molecule has 0 aliphatic carbocycles. The molecule has 35 heavy (non-hydrogen) atoms. The molecule has 1 saturated heterocycles. The summed E-state index contributed by atoms with van der Waals surface area (Å²) in [5, 5.41) is 2.70. The highest BCUT2D eigenvalue weighted by atomic mass is 35.5. The van der Waals surface area contributed by atoms with E-state index in [9.17, 15) is 21.6 Å². The molecule has 2 aromatic carbocycles. The van der Waals surface area contributed by atoms with Crippen LogP contribution in [0, 0.1) is 6.92 Å². The predicted molar refractivity (Wildman–Crippen MR) is 131 cm³/mol. The topological polar surface area (TPSA) is 138 Å². The Bertz CT molecular complexity index is 1470. The minimum atomic E-state index is -3.94. The van der Waals surface area contributed by atoms with E-state index in [1.54, 1.807) is 13.0 Å². The zero-order valence-corrected chi connectivity index (χ0v) is 21.0. The van der Waals surface area contributed by atoms with Gasteiger partial charge in [0, 0.05) is 30.7 Å². The van der Waals surface area contributed by atoms with Crippen molar-refractivity contribution in [3.63, 3.8) is 0 Å². The summed E-state index contributed by atoms with van der Waals surface area (Å²) >= 11 is 6.17. The van der Waals surface area contributed by atoms with Gasteiger partial charge in [0.05, 0.1) is 20.4 Å². The van der Waals surface area contributed by atoms with Crippen LogP contribution in [0.15, 0.2) is 64.5 Å². The second-order valence-electron chi connectivity index (χ2n) is 7.86. The van der Waals surface area contributed by atoms with Gasteiger partial charge in [-0.2, -0.15) is 4.31 Å². The number of carbonyl (C=O) groups is 1. The van der Waals surface area contributed by atoms with Crippen molar-refractivity contribution in [2.75, 3.05) is 23.1 Å². The van der Waals surface area contributed by atoms with Gasteiger partial charge >= 0.3 is 0 Å². The van der Waals surface area contributed by atoms with Crippen molar-refractivity contribution in [3.05, 3.63) is 71.0 Å². The number of benzene rings is 2. The Labute approximate surface area is 208 Å². The Balaban J connectivity index is 1.50. The van der Waals surface area contributed by atoms with Crippen molar-refractivity contribution in [1.82, 2.24) is 14.3 Å². The molecule has 4 rings (SSSR count). The first-order chi connectivity index (χ1) is 16.6. The molecule has 184 valence electrons. The van der Waals surface area contributed by atoms with Crippen molar-refractivity contribution >= 4 is 49.2 Å². The number of halogens is 1. The number of nitrogens with zero attached hydrogens (tertiary/aromatic N) is 3. The van der Waals surface area contributed by atoms with Crippen molar-refractivity contribution in [2.24, 2.45) is 0 Å². The number of nitrogens with one attached hydrogen (secondary N) is 2. The smallest absolute Gasteiger partial charge is 0.264 e. The summed E-state index contributed by atoms with van der Waals surface area (Å²) in [7, 11) is -7.67. The lowest BCUT2D eigenvalue weighted by atomic mass is 10.2. The predicted octanol–water partition coefficient (Wildman–Crippen LogP) is 3.28. The minimum absolute atomic E-state index is 0.0121. The summed E-state index contributed by atoms with van der Waals surface area (Å²) in [6.45, 7) is 2.58. The number of aromatic nitrogens is 2. The van der Waals surface area contributed by atoms with E-state index in [1.807, 2.05) is 0 Å². The maximum atomic E-state index is 12.8. The molecule has 2 N–H and O–H groups in total. The third-order valence-electron chi connectivity index (χ3n) is 5.33. The normalized spacial score (nSPS) is 14.6. The number of hydrogen-bond acceptors (Lipinski definition) is 7. The highest BCUT2D eigenvalue weighted by Gasteiger charge is 2.28. The van der Waals surface area contributed by atoms with Crippen LogP contribution in [0.1, 0.15) is 28.9 Å². The Morgan fingerprint density at radius 1 is 0.971 bits per heavy atom. The van der Waals surface area contributed by atoms with E-state index >= 15 is 0 Å². The first-order valence-electron chi connectivity index (χ1n) is 10.6. The van der Waals surface area contributed by atoms with E-state index in [1.165, 1.54) is 53.0 Å². The zero-order valence-electron chi connectivity index (χ0n) is 18.6. The van der Waals surface area contributed by atoms with Gasteiger partial charge < -0.3 is 5.32 Å². The van der Waals surface area contributed by atoms with Crippen molar-refractivity contribution < 1.29 is 21.6 Å². The Kier molecular flexibility index (Phi) is 7.08. The standard InChI is InChI=1S/C22H22ClN5O5S2/c1-15-10-11-24-22(25-15)27-34(30,31)17-6-4-16(5-7-17)26-21(29)19-14-18(8-9-20(19)23)35(32,33)28-12-2-3-13-28/h4-11,14H,2-3,12-13H2,1H3,(H,26,29)(H,24,25,27). The summed E-state index contributed by atoms with van der Waals surface area (Å²) in [4.78, 5) is 20.7. The van der Waals surface area contributed by atoms with Gasteiger partial charge in [0.15, 0.2) is 0 Å². The summed E-state index contributed by atoms with van der Waals surface area (Å²) in [6, 6.07) is 11.1. The number of anilines is 2. The fourth-order valence-corrected chi connectivity index (χ4v) is 6.21. The quantitative estimate of drug-likeness (QED) is 0.473. The maximum Gasteiger partial charge on any atom is 0.264 e. The van der Waals surface area contributed by atoms with E-state index < -0.39 is 26.0 Å². The molecule has 0 unspecified atom stereocenters. The number of hydrogen-bond donors (Lipinski definition) is 2. The summed E-state index contributed by atoms with van der Waals surface area (Å²) in [5.41, 5.74) is 0.887. The van der Waals surface area contributed by atoms with Gasteiger partial charge in [0.25, 0.3) is 15.9 Å². The van der Waals surface area contributed by atoms with Gasteiger partial charge in [-0.1, -0.05) is 11.6 Å². The van der Waals surface area contributed by atoms with Gasteiger partial charge in [-0.3, -0.25) is 4.79 Å². The second-order valence-corrected chi connectivity index (χ2v) is 11.9. The van der Waals surface area contributed by atoms with Crippen LogP contribution >= 0.6 is 11.6 Å². The van der Waals surface area contributed by atoms with Crippen molar-refractivity contribution in [2.45, 2.75) is 29.6 Å². The molecule has 0 atom stereocenters. The molecule has 0 bridgehead atoms. The molecule has 0 saturated carbocycles. The maximum absolute atomic E-state index is 12.8. The van der Waals surface area contributed by atoms with Crippen LogP contribution in [0.3, 0.4) is 0 Å². The van der Waals surface area contributed by atoms with E-state index in [4.69, 9.17) is 11.6 Å². The molecule has 1 aliphatic rings. The van der Waals surface area contributed by atoms with E-state index in [2.05, 4.69) is 20.0 Å². The van der Waals surface area contributed by atoms with Crippen LogP contribution in [-0.2, 0) is 20.0 Å². The average Bonchev–Trinajstić information content (AvgIpc) is 3.35. The lowest BCUT2D eigenvalue weighted by Gasteiger charge is -2.16. The fourth-order valence-electron chi connectivity index (χ4n) is 3.51. The van der Waals surface area contributed by atoms with Crippen LogP contribution in [0.25, 0.3) is 0 Å². The van der Waals surface area contributed by atoms with Gasteiger partial charge in [-0.05, 0) is 68.3 Å². The van der Waals surface area contributed by atoms with E-state index in [0.717, 1.165) is 12.8 Å². The van der Waals surface area contributed by atoms with Crippen molar-refractivity contribution in [1.29, 1.82) is 0 Å². The van der Waals surface area contributed by atoms with Crippen LogP contribution in [0.5, 0.6) is 0 Å². The molecule has 1 fully saturated rings. The number of sulfonamides is 2. The molecule has 1 aliphatic heterocycles. The number of amides is 1. The molecule has 0 radical (unpaired) electrons. The lowest BCUT2D eigenvalue weighted by Crippen LogP contribution is -2.28. The third kappa shape index (κ3) is 5.61. The van der Waals surface area contributed by atoms with Gasteiger partial charge in [0.1, 0.15) is 0 Å². The Hall–Kier alpha value is -3.06. The molecule has 0 spiro atoms. The highest BCUT2D eigenvalue weighted by Crippen LogP contribution is 2.26. The van der Waals surface area contributed by atoms with Crippen LogP contribution in [0.4, 0.5) is 11.6 Å². The monoisotopic (exact) mass is 535 g/mol. The van der Waals surface area contributed by atoms with E-state index in [0.29, 0.717) is 24.5 Å². The summed E-state index contributed by atoms with van der Waals surface area (Å²) in [6.07, 6.45) is 3.02. The van der Waals surface area contributed by atoms with E-state index in [-0.39, 0.29) is 26.3 Å². The molecule has 3 aromatic rings. The average molecular weight is 536 g/mol. The molecule has 13 heteroatoms. The minimum Gasteiger partial charge on any atom is -0.322 e. The summed E-state index contributed by atoms with van der Waals surface area (Å²) < 4.78 is 54.5. The van der Waals surface area contributed by atoms with Gasteiger partial charge in [-0.15, -0.1) is 0 Å². The first-order valence-corrected chi connectivity index (χ1v) is 13.9. The molecular formula is C22H22ClN5O5S2. The number of rotatable bonds is 7. The van der Waals surface area contributed by atoms with Gasteiger partial charge in [-0.25, -0.2) is 31.5 Å². The molecule has 2 heterocycles. The number of aryl methyl sites for hydroxylation is 1. The third-order valence-corrected chi connectivity index (χ3v) is 8.90. The highest BCUT2D eigenvalue weighted by molar-refractivity contribution is 7.92. The molecule has 10 nitrogen and oxygen atoms in total. The fraction of sp³-hybridized carbons (Fsp3) is 0.227. The van der Waals surface area contributed by atoms with Gasteiger partial charge in [0.2, 0.25) is 16.0 Å². The molecule has 1 amide bonds. The molecule has 1 aromatic heterocycles.